The van der Waals surface area contributed by atoms with Gasteiger partial charge in [0.05, 0.1) is 11.4 Å². The van der Waals surface area contributed by atoms with Crippen LogP contribution in [0.3, 0.4) is 0 Å². The number of esters is 1. The minimum Gasteiger partial charge on any atom is -0.492 e. The van der Waals surface area contributed by atoms with Crippen LogP contribution in [0.4, 0.5) is 0 Å². The van der Waals surface area contributed by atoms with E-state index in [9.17, 15) is 18.0 Å². The Labute approximate surface area is 195 Å². The smallest absolute Gasteiger partial charge is 0.331 e. The summed E-state index contributed by atoms with van der Waals surface area (Å²) in [7, 11) is -3.53. The zero-order valence-electron chi connectivity index (χ0n) is 19.1. The predicted molar refractivity (Wildman–Crippen MR) is 126 cm³/mol. The molecule has 2 rings (SSSR count). The van der Waals surface area contributed by atoms with Crippen LogP contribution in [0.2, 0.25) is 0 Å². The van der Waals surface area contributed by atoms with E-state index in [1.54, 1.807) is 26.0 Å². The summed E-state index contributed by atoms with van der Waals surface area (Å²) in [5.41, 5.74) is 1.71. The van der Waals surface area contributed by atoms with Crippen molar-refractivity contribution in [1.82, 2.24) is 9.62 Å². The minimum atomic E-state index is -3.53. The van der Waals surface area contributed by atoms with Crippen molar-refractivity contribution in [2.45, 2.75) is 25.7 Å². The first-order valence-corrected chi connectivity index (χ1v) is 12.1. The highest BCUT2D eigenvalue weighted by atomic mass is 32.2. The van der Waals surface area contributed by atoms with Crippen LogP contribution < -0.4 is 10.1 Å². The Morgan fingerprint density at radius 3 is 2.39 bits per heavy atom. The Morgan fingerprint density at radius 1 is 1.06 bits per heavy atom. The molecule has 0 bridgehead atoms. The highest BCUT2D eigenvalue weighted by Gasteiger charge is 2.20. The van der Waals surface area contributed by atoms with Gasteiger partial charge >= 0.3 is 5.97 Å². The van der Waals surface area contributed by atoms with Crippen LogP contribution in [0, 0.1) is 6.92 Å². The van der Waals surface area contributed by atoms with Gasteiger partial charge in [-0.25, -0.2) is 13.2 Å². The fourth-order valence-corrected chi connectivity index (χ4v) is 4.39. The van der Waals surface area contributed by atoms with Gasteiger partial charge in [-0.05, 0) is 48.4 Å². The minimum absolute atomic E-state index is 0.189. The number of sulfonamides is 1. The number of hydrogen-bond acceptors (Lipinski definition) is 6. The van der Waals surface area contributed by atoms with E-state index in [0.29, 0.717) is 25.3 Å². The Balaban J connectivity index is 1.74. The van der Waals surface area contributed by atoms with Gasteiger partial charge in [-0.2, -0.15) is 4.31 Å². The van der Waals surface area contributed by atoms with E-state index in [0.717, 1.165) is 11.3 Å². The van der Waals surface area contributed by atoms with E-state index >= 15 is 0 Å². The van der Waals surface area contributed by atoms with Gasteiger partial charge in [-0.1, -0.05) is 38.1 Å². The summed E-state index contributed by atoms with van der Waals surface area (Å²) in [5.74, 6) is -0.393. The number of benzene rings is 2. The van der Waals surface area contributed by atoms with Gasteiger partial charge in [0, 0.05) is 19.2 Å². The second kappa shape index (κ2) is 12.8. The van der Waals surface area contributed by atoms with Crippen LogP contribution >= 0.6 is 0 Å². The number of nitrogens with one attached hydrogen (secondary N) is 1. The highest BCUT2D eigenvalue weighted by molar-refractivity contribution is 7.89. The van der Waals surface area contributed by atoms with Crippen LogP contribution in [-0.4, -0.2) is 57.4 Å². The lowest BCUT2D eigenvalue weighted by Gasteiger charge is -2.18. The molecule has 0 radical (unpaired) electrons. The average Bonchev–Trinajstić information content (AvgIpc) is 2.80. The van der Waals surface area contributed by atoms with Crippen LogP contribution in [0.25, 0.3) is 6.08 Å². The second-order valence-electron chi connectivity index (χ2n) is 7.11. The molecule has 0 unspecified atom stereocenters. The standard InChI is InChI=1S/C24H30N2O6S/c1-4-26(5-2)33(29,30)22-12-9-20(10-13-22)11-14-24(28)32-18-23(27)25-15-16-31-21-8-6-7-19(3)17-21/h6-14,17H,4-5,15-16,18H2,1-3H3,(H,25,27)/b14-11+. The molecular formula is C24H30N2O6S. The largest absolute Gasteiger partial charge is 0.492 e. The summed E-state index contributed by atoms with van der Waals surface area (Å²) < 4.78 is 36.8. The summed E-state index contributed by atoms with van der Waals surface area (Å²) >= 11 is 0. The average molecular weight is 475 g/mol. The molecule has 0 spiro atoms. The van der Waals surface area contributed by atoms with Gasteiger partial charge in [-0.3, -0.25) is 4.79 Å². The normalized spacial score (nSPS) is 11.5. The summed E-state index contributed by atoms with van der Waals surface area (Å²) in [6.07, 6.45) is 2.67. The molecule has 9 heteroatoms. The lowest BCUT2D eigenvalue weighted by atomic mass is 10.2. The second-order valence-corrected chi connectivity index (χ2v) is 9.05. The number of ether oxygens (including phenoxy) is 2. The fraction of sp³-hybridized carbons (Fsp3) is 0.333. The van der Waals surface area contributed by atoms with Crippen LogP contribution in [0.5, 0.6) is 5.75 Å². The van der Waals surface area contributed by atoms with Gasteiger partial charge in [0.25, 0.3) is 5.91 Å². The summed E-state index contributed by atoms with van der Waals surface area (Å²) in [5, 5.41) is 2.61. The third-order valence-corrected chi connectivity index (χ3v) is 6.73. The molecule has 0 aliphatic carbocycles. The summed E-state index contributed by atoms with van der Waals surface area (Å²) in [6.45, 7) is 6.47. The highest BCUT2D eigenvalue weighted by Crippen LogP contribution is 2.17. The van der Waals surface area contributed by atoms with Gasteiger partial charge in [0.1, 0.15) is 12.4 Å². The van der Waals surface area contributed by atoms with Crippen LogP contribution in [0.15, 0.2) is 59.5 Å². The lowest BCUT2D eigenvalue weighted by Crippen LogP contribution is -2.31. The van der Waals surface area contributed by atoms with E-state index in [1.165, 1.54) is 28.6 Å². The maximum atomic E-state index is 12.5. The van der Waals surface area contributed by atoms with Gasteiger partial charge in [0.15, 0.2) is 6.61 Å². The predicted octanol–water partition coefficient (Wildman–Crippen LogP) is 2.78. The van der Waals surface area contributed by atoms with Crippen molar-refractivity contribution in [2.24, 2.45) is 0 Å². The summed E-state index contributed by atoms with van der Waals surface area (Å²) in [6, 6.07) is 13.8. The molecule has 2 aromatic carbocycles. The molecule has 33 heavy (non-hydrogen) atoms. The van der Waals surface area contributed by atoms with Crippen molar-refractivity contribution in [3.05, 3.63) is 65.7 Å². The maximum Gasteiger partial charge on any atom is 0.331 e. The van der Waals surface area contributed by atoms with Crippen LogP contribution in [0.1, 0.15) is 25.0 Å². The quantitative estimate of drug-likeness (QED) is 0.288. The molecule has 0 fully saturated rings. The Bertz CT molecular complexity index is 1060. The fourth-order valence-electron chi connectivity index (χ4n) is 2.93. The molecule has 0 atom stereocenters. The Morgan fingerprint density at radius 2 is 1.76 bits per heavy atom. The van der Waals surface area contributed by atoms with E-state index in [4.69, 9.17) is 9.47 Å². The van der Waals surface area contributed by atoms with Crippen molar-refractivity contribution < 1.29 is 27.5 Å². The van der Waals surface area contributed by atoms with Gasteiger partial charge in [0.2, 0.25) is 10.0 Å². The van der Waals surface area contributed by atoms with Crippen molar-refractivity contribution in [2.75, 3.05) is 32.8 Å². The summed E-state index contributed by atoms with van der Waals surface area (Å²) in [4.78, 5) is 23.8. The van der Waals surface area contributed by atoms with Gasteiger partial charge in [-0.15, -0.1) is 0 Å². The third-order valence-electron chi connectivity index (χ3n) is 4.66. The van der Waals surface area contributed by atoms with E-state index in [-0.39, 0.29) is 11.4 Å². The van der Waals surface area contributed by atoms with Gasteiger partial charge < -0.3 is 14.8 Å². The first kappa shape index (κ1) is 26.1. The van der Waals surface area contributed by atoms with E-state index in [1.807, 2.05) is 31.2 Å². The number of rotatable bonds is 12. The zero-order chi connectivity index (χ0) is 24.3. The lowest BCUT2D eigenvalue weighted by molar-refractivity contribution is -0.143. The van der Waals surface area contributed by atoms with E-state index in [2.05, 4.69) is 5.32 Å². The molecular weight excluding hydrogens is 444 g/mol. The van der Waals surface area contributed by atoms with E-state index < -0.39 is 28.5 Å². The van der Waals surface area contributed by atoms with Crippen molar-refractivity contribution in [3.8, 4) is 5.75 Å². The van der Waals surface area contributed by atoms with Crippen molar-refractivity contribution in [3.63, 3.8) is 0 Å². The molecule has 8 nitrogen and oxygen atoms in total. The van der Waals surface area contributed by atoms with Crippen molar-refractivity contribution in [1.29, 1.82) is 0 Å². The Kier molecular flexibility index (Phi) is 10.1. The molecule has 0 saturated heterocycles. The number of nitrogens with zero attached hydrogens (tertiary/aromatic N) is 1. The molecule has 0 heterocycles. The monoisotopic (exact) mass is 474 g/mol. The maximum absolute atomic E-state index is 12.5. The van der Waals surface area contributed by atoms with Crippen molar-refractivity contribution >= 4 is 28.0 Å². The molecule has 0 aliphatic rings. The van der Waals surface area contributed by atoms with Crippen LogP contribution in [-0.2, 0) is 24.3 Å². The number of amides is 1. The molecule has 0 saturated carbocycles. The molecule has 2 aromatic rings. The third kappa shape index (κ3) is 8.36. The number of aryl methyl sites for hydroxylation is 1. The molecule has 1 N–H and O–H groups in total. The Hall–Kier alpha value is -3.17. The zero-order valence-corrected chi connectivity index (χ0v) is 19.9. The molecule has 0 aromatic heterocycles. The SMILES string of the molecule is CCN(CC)S(=O)(=O)c1ccc(/C=C/C(=O)OCC(=O)NCCOc2cccc(C)c2)cc1. The molecule has 178 valence electrons. The first-order valence-electron chi connectivity index (χ1n) is 10.7. The number of carbonyl (C=O) groups is 2. The topological polar surface area (TPSA) is 102 Å². The number of hydrogen-bond donors (Lipinski definition) is 1. The molecule has 0 aliphatic heterocycles. The molecule has 1 amide bonds. The first-order chi connectivity index (χ1) is 15.8. The number of carbonyl (C=O) groups excluding carboxylic acids is 2.